The molecule has 2 aromatic rings. The summed E-state index contributed by atoms with van der Waals surface area (Å²) in [5.74, 6) is -0.210. The Kier molecular flexibility index (Phi) is 7.26. The standard InChI is InChI=1S/C26H31BrN4O3/c1-3-19(2)28-23(32)17-30-18-31(22-10-5-4-6-11-22)26(25(30)34)12-14-29(15-13-26)24(33)20-8-7-9-21(27)16-20/h4-11,16,19H,3,12-15,17-18H2,1-2H3,(H,28,32). The smallest absolute Gasteiger partial charge is 0.253 e. The van der Waals surface area contributed by atoms with E-state index in [9.17, 15) is 14.4 Å². The Morgan fingerprint density at radius 1 is 1.09 bits per heavy atom. The maximum atomic E-state index is 13.7. The van der Waals surface area contributed by atoms with E-state index < -0.39 is 5.54 Å². The van der Waals surface area contributed by atoms with Crippen molar-refractivity contribution in [3.63, 3.8) is 0 Å². The molecular weight excluding hydrogens is 496 g/mol. The molecule has 2 heterocycles. The minimum Gasteiger partial charge on any atom is -0.352 e. The van der Waals surface area contributed by atoms with Gasteiger partial charge in [-0.3, -0.25) is 14.4 Å². The van der Waals surface area contributed by atoms with Crippen LogP contribution >= 0.6 is 15.9 Å². The van der Waals surface area contributed by atoms with Crippen molar-refractivity contribution in [2.75, 3.05) is 31.2 Å². The molecule has 1 N–H and O–H groups in total. The highest BCUT2D eigenvalue weighted by Crippen LogP contribution is 2.39. The van der Waals surface area contributed by atoms with Crippen molar-refractivity contribution in [1.82, 2.24) is 15.1 Å². The minimum atomic E-state index is -0.758. The number of anilines is 1. The van der Waals surface area contributed by atoms with Crippen molar-refractivity contribution in [3.05, 3.63) is 64.6 Å². The van der Waals surface area contributed by atoms with Crippen LogP contribution in [-0.4, -0.2) is 65.4 Å². The van der Waals surface area contributed by atoms with E-state index in [-0.39, 0.29) is 30.3 Å². The second-order valence-corrected chi connectivity index (χ2v) is 10.0. The highest BCUT2D eigenvalue weighted by molar-refractivity contribution is 9.10. The molecule has 2 saturated heterocycles. The molecule has 1 unspecified atom stereocenters. The lowest BCUT2D eigenvalue weighted by atomic mass is 9.85. The van der Waals surface area contributed by atoms with E-state index in [1.165, 1.54) is 0 Å². The number of nitrogens with zero attached hydrogens (tertiary/aromatic N) is 3. The van der Waals surface area contributed by atoms with Gasteiger partial charge in [-0.1, -0.05) is 47.1 Å². The number of carbonyl (C=O) groups excluding carboxylic acids is 3. The van der Waals surface area contributed by atoms with E-state index >= 15 is 0 Å². The van der Waals surface area contributed by atoms with E-state index in [0.717, 1.165) is 16.6 Å². The molecule has 0 aromatic heterocycles. The quantitative estimate of drug-likeness (QED) is 0.623. The molecule has 0 saturated carbocycles. The van der Waals surface area contributed by atoms with Crippen molar-refractivity contribution in [2.45, 2.75) is 44.7 Å². The Morgan fingerprint density at radius 3 is 2.44 bits per heavy atom. The molecule has 2 aliphatic heterocycles. The first-order chi connectivity index (χ1) is 16.3. The summed E-state index contributed by atoms with van der Waals surface area (Å²) in [5.41, 5.74) is 0.824. The van der Waals surface area contributed by atoms with Crippen LogP contribution < -0.4 is 10.2 Å². The Hall–Kier alpha value is -2.87. The maximum absolute atomic E-state index is 13.7. The van der Waals surface area contributed by atoms with E-state index in [4.69, 9.17) is 0 Å². The van der Waals surface area contributed by atoms with Gasteiger partial charge in [0.25, 0.3) is 11.8 Å². The van der Waals surface area contributed by atoms with E-state index in [1.807, 2.05) is 73.3 Å². The number of benzene rings is 2. The summed E-state index contributed by atoms with van der Waals surface area (Å²) >= 11 is 3.43. The number of nitrogens with one attached hydrogen (secondary N) is 1. The summed E-state index contributed by atoms with van der Waals surface area (Å²) in [6.07, 6.45) is 1.87. The number of hydrogen-bond donors (Lipinski definition) is 1. The van der Waals surface area contributed by atoms with Gasteiger partial charge >= 0.3 is 0 Å². The lowest BCUT2D eigenvalue weighted by molar-refractivity contribution is -0.137. The second-order valence-electron chi connectivity index (χ2n) is 9.12. The van der Waals surface area contributed by atoms with Crippen LogP contribution in [0.25, 0.3) is 0 Å². The SMILES string of the molecule is CCC(C)NC(=O)CN1CN(c2ccccc2)C2(CCN(C(=O)c3cccc(Br)c3)CC2)C1=O. The van der Waals surface area contributed by atoms with Crippen LogP contribution in [0.2, 0.25) is 0 Å². The first-order valence-corrected chi connectivity index (χ1v) is 12.6. The summed E-state index contributed by atoms with van der Waals surface area (Å²) in [7, 11) is 0. The molecule has 3 amide bonds. The molecule has 7 nitrogen and oxygen atoms in total. The van der Waals surface area contributed by atoms with Crippen molar-refractivity contribution >= 4 is 39.3 Å². The number of likely N-dealkylation sites (tertiary alicyclic amines) is 1. The van der Waals surface area contributed by atoms with Crippen LogP contribution in [0, 0.1) is 0 Å². The number of piperidine rings is 1. The number of carbonyl (C=O) groups is 3. The molecule has 0 bridgehead atoms. The zero-order valence-electron chi connectivity index (χ0n) is 19.7. The van der Waals surface area contributed by atoms with Gasteiger partial charge in [-0.2, -0.15) is 0 Å². The molecule has 8 heteroatoms. The van der Waals surface area contributed by atoms with Gasteiger partial charge in [0, 0.05) is 34.9 Å². The molecule has 180 valence electrons. The van der Waals surface area contributed by atoms with Gasteiger partial charge in [-0.05, 0) is 56.5 Å². The van der Waals surface area contributed by atoms with Gasteiger partial charge in [0.2, 0.25) is 5.91 Å². The van der Waals surface area contributed by atoms with Gasteiger partial charge in [-0.15, -0.1) is 0 Å². The van der Waals surface area contributed by atoms with Crippen molar-refractivity contribution in [2.24, 2.45) is 0 Å². The van der Waals surface area contributed by atoms with Crippen LogP contribution in [0.4, 0.5) is 5.69 Å². The topological polar surface area (TPSA) is 73.0 Å². The van der Waals surface area contributed by atoms with Crippen molar-refractivity contribution in [3.8, 4) is 0 Å². The minimum absolute atomic E-state index is 0.0300. The fourth-order valence-electron chi connectivity index (χ4n) is 4.80. The zero-order chi connectivity index (χ0) is 24.3. The highest BCUT2D eigenvalue weighted by Gasteiger charge is 2.54. The summed E-state index contributed by atoms with van der Waals surface area (Å²) < 4.78 is 0.861. The molecule has 0 aliphatic carbocycles. The van der Waals surface area contributed by atoms with Gasteiger partial charge < -0.3 is 20.0 Å². The Bertz CT molecular complexity index is 1050. The number of rotatable bonds is 6. The summed E-state index contributed by atoms with van der Waals surface area (Å²) in [6.45, 7) is 5.33. The van der Waals surface area contributed by atoms with Crippen LogP contribution in [0.5, 0.6) is 0 Å². The van der Waals surface area contributed by atoms with Crippen molar-refractivity contribution < 1.29 is 14.4 Å². The van der Waals surface area contributed by atoms with Gasteiger partial charge in [0.05, 0.1) is 6.67 Å². The number of hydrogen-bond acceptors (Lipinski definition) is 4. The lowest BCUT2D eigenvalue weighted by Crippen LogP contribution is -2.57. The third kappa shape index (κ3) is 4.82. The molecule has 4 rings (SSSR count). The monoisotopic (exact) mass is 526 g/mol. The molecule has 2 aliphatic rings. The molecule has 1 spiro atoms. The fourth-order valence-corrected chi connectivity index (χ4v) is 5.20. The first-order valence-electron chi connectivity index (χ1n) is 11.8. The van der Waals surface area contributed by atoms with Crippen LogP contribution in [0.3, 0.4) is 0 Å². The van der Waals surface area contributed by atoms with E-state index in [0.29, 0.717) is 38.2 Å². The highest BCUT2D eigenvalue weighted by atomic mass is 79.9. The van der Waals surface area contributed by atoms with E-state index in [2.05, 4.69) is 26.1 Å². The largest absolute Gasteiger partial charge is 0.352 e. The van der Waals surface area contributed by atoms with Gasteiger partial charge in [0.15, 0.2) is 0 Å². The van der Waals surface area contributed by atoms with Crippen LogP contribution in [-0.2, 0) is 9.59 Å². The second kappa shape index (κ2) is 10.2. The predicted octanol–water partition coefficient (Wildman–Crippen LogP) is 3.64. The fraction of sp³-hybridized carbons (Fsp3) is 0.423. The molecule has 2 fully saturated rings. The van der Waals surface area contributed by atoms with Gasteiger partial charge in [0.1, 0.15) is 12.1 Å². The third-order valence-electron chi connectivity index (χ3n) is 6.89. The Labute approximate surface area is 209 Å². The summed E-state index contributed by atoms with van der Waals surface area (Å²) in [4.78, 5) is 45.0. The molecule has 34 heavy (non-hydrogen) atoms. The zero-order valence-corrected chi connectivity index (χ0v) is 21.3. The van der Waals surface area contributed by atoms with Gasteiger partial charge in [-0.25, -0.2) is 0 Å². The number of para-hydroxylation sites is 1. The molecule has 0 radical (unpaired) electrons. The van der Waals surface area contributed by atoms with E-state index in [1.54, 1.807) is 4.90 Å². The maximum Gasteiger partial charge on any atom is 0.253 e. The summed E-state index contributed by atoms with van der Waals surface area (Å²) in [6, 6.07) is 17.3. The third-order valence-corrected chi connectivity index (χ3v) is 7.38. The van der Waals surface area contributed by atoms with Crippen LogP contribution in [0.15, 0.2) is 59.1 Å². The Balaban J connectivity index is 1.54. The average Bonchev–Trinajstić information content (AvgIpc) is 3.10. The first kappa shape index (κ1) is 24.3. The number of halogens is 1. The molecule has 2 aromatic carbocycles. The molecule has 1 atom stereocenters. The predicted molar refractivity (Wildman–Crippen MR) is 135 cm³/mol. The summed E-state index contributed by atoms with van der Waals surface area (Å²) in [5, 5.41) is 2.96. The van der Waals surface area contributed by atoms with Crippen LogP contribution in [0.1, 0.15) is 43.5 Å². The molecular formula is C26H31BrN4O3. The Morgan fingerprint density at radius 2 is 1.79 bits per heavy atom. The lowest BCUT2D eigenvalue weighted by Gasteiger charge is -2.43. The normalized spacial score (nSPS) is 18.3. The average molecular weight is 527 g/mol. The van der Waals surface area contributed by atoms with Crippen molar-refractivity contribution in [1.29, 1.82) is 0 Å². The number of amides is 3.